The summed E-state index contributed by atoms with van der Waals surface area (Å²) in [6, 6.07) is 6.51. The van der Waals surface area contributed by atoms with Gasteiger partial charge in [0.25, 0.3) is 0 Å². The van der Waals surface area contributed by atoms with Crippen LogP contribution in [0, 0.1) is 5.92 Å². The van der Waals surface area contributed by atoms with E-state index in [9.17, 15) is 0 Å². The van der Waals surface area contributed by atoms with Gasteiger partial charge in [-0.2, -0.15) is 0 Å². The summed E-state index contributed by atoms with van der Waals surface area (Å²) in [5.41, 5.74) is 3.90. The summed E-state index contributed by atoms with van der Waals surface area (Å²) in [4.78, 5) is 0. The van der Waals surface area contributed by atoms with Crippen molar-refractivity contribution in [1.29, 1.82) is 0 Å². The van der Waals surface area contributed by atoms with Crippen LogP contribution in [0.25, 0.3) is 0 Å². The van der Waals surface area contributed by atoms with E-state index in [0.29, 0.717) is 0 Å². The van der Waals surface area contributed by atoms with Crippen LogP contribution in [-0.2, 0) is 12.8 Å². The van der Waals surface area contributed by atoms with Crippen LogP contribution >= 0.6 is 12.2 Å². The van der Waals surface area contributed by atoms with E-state index in [1.54, 1.807) is 0 Å². The molecule has 0 amide bonds. The van der Waals surface area contributed by atoms with Gasteiger partial charge < -0.3 is 10.6 Å². The highest BCUT2D eigenvalue weighted by atomic mass is 32.1. The summed E-state index contributed by atoms with van der Waals surface area (Å²) in [5.74, 6) is 0.797. The second-order valence-electron chi connectivity index (χ2n) is 6.00. The van der Waals surface area contributed by atoms with E-state index in [0.717, 1.165) is 30.4 Å². The molecule has 0 aliphatic heterocycles. The lowest BCUT2D eigenvalue weighted by Crippen LogP contribution is -2.34. The molecule has 2 nitrogen and oxygen atoms in total. The van der Waals surface area contributed by atoms with Gasteiger partial charge in [-0.3, -0.25) is 0 Å². The SMILES string of the molecule is CCc1cccc(CC)c1NC(=S)NCC1CCCCC1. The number of hydrogen-bond donors (Lipinski definition) is 2. The zero-order valence-corrected chi connectivity index (χ0v) is 14.2. The van der Waals surface area contributed by atoms with Gasteiger partial charge in [-0.1, -0.05) is 51.3 Å². The van der Waals surface area contributed by atoms with E-state index in [4.69, 9.17) is 12.2 Å². The monoisotopic (exact) mass is 304 g/mol. The fraction of sp³-hybridized carbons (Fsp3) is 0.611. The molecule has 2 N–H and O–H groups in total. The Kier molecular flexibility index (Phi) is 6.50. The van der Waals surface area contributed by atoms with Gasteiger partial charge in [-0.25, -0.2) is 0 Å². The molecule has 1 aliphatic carbocycles. The summed E-state index contributed by atoms with van der Waals surface area (Å²) >= 11 is 5.50. The number of rotatable bonds is 5. The third-order valence-corrected chi connectivity index (χ3v) is 4.76. The number of para-hydroxylation sites is 1. The first-order valence-electron chi connectivity index (χ1n) is 8.40. The summed E-state index contributed by atoms with van der Waals surface area (Å²) in [5, 5.41) is 7.64. The van der Waals surface area contributed by atoms with Crippen LogP contribution < -0.4 is 10.6 Å². The lowest BCUT2D eigenvalue weighted by Gasteiger charge is -2.23. The first kappa shape index (κ1) is 16.3. The van der Waals surface area contributed by atoms with Crippen LogP contribution in [0.15, 0.2) is 18.2 Å². The first-order valence-corrected chi connectivity index (χ1v) is 8.81. The van der Waals surface area contributed by atoms with Gasteiger partial charge in [-0.15, -0.1) is 0 Å². The second-order valence-corrected chi connectivity index (χ2v) is 6.41. The van der Waals surface area contributed by atoms with Crippen molar-refractivity contribution in [3.8, 4) is 0 Å². The Balaban J connectivity index is 1.92. The first-order chi connectivity index (χ1) is 10.2. The maximum atomic E-state index is 5.50. The van der Waals surface area contributed by atoms with Crippen molar-refractivity contribution in [2.24, 2.45) is 5.92 Å². The Bertz CT molecular complexity index is 442. The van der Waals surface area contributed by atoms with Crippen molar-refractivity contribution < 1.29 is 0 Å². The quantitative estimate of drug-likeness (QED) is 0.772. The average molecular weight is 305 g/mol. The van der Waals surface area contributed by atoms with Gasteiger partial charge in [0.05, 0.1) is 0 Å². The number of nitrogens with one attached hydrogen (secondary N) is 2. The predicted molar refractivity (Wildman–Crippen MR) is 96.0 cm³/mol. The molecule has 116 valence electrons. The Morgan fingerprint density at radius 1 is 1.10 bits per heavy atom. The van der Waals surface area contributed by atoms with Gasteiger partial charge in [0, 0.05) is 12.2 Å². The van der Waals surface area contributed by atoms with Crippen LogP contribution in [0.5, 0.6) is 0 Å². The summed E-state index contributed by atoms with van der Waals surface area (Å²) < 4.78 is 0. The van der Waals surface area contributed by atoms with Gasteiger partial charge in [0.1, 0.15) is 0 Å². The van der Waals surface area contributed by atoms with E-state index in [2.05, 4.69) is 42.7 Å². The Labute approximate surface area is 134 Å². The number of benzene rings is 1. The third-order valence-electron chi connectivity index (χ3n) is 4.51. The smallest absolute Gasteiger partial charge is 0.170 e. The van der Waals surface area contributed by atoms with E-state index in [1.165, 1.54) is 48.9 Å². The summed E-state index contributed by atoms with van der Waals surface area (Å²) in [6.07, 6.45) is 8.92. The minimum absolute atomic E-state index is 0.774. The third kappa shape index (κ3) is 4.70. The van der Waals surface area contributed by atoms with Crippen molar-refractivity contribution >= 4 is 23.0 Å². The summed E-state index contributed by atoms with van der Waals surface area (Å²) in [7, 11) is 0. The molecule has 0 bridgehead atoms. The molecule has 1 aromatic carbocycles. The number of aryl methyl sites for hydroxylation is 2. The molecular formula is C18H28N2S. The molecule has 2 rings (SSSR count). The molecule has 0 unspecified atom stereocenters. The molecule has 1 saturated carbocycles. The second kappa shape index (κ2) is 8.38. The number of hydrogen-bond acceptors (Lipinski definition) is 1. The van der Waals surface area contributed by atoms with Gasteiger partial charge in [0.2, 0.25) is 0 Å². The van der Waals surface area contributed by atoms with Crippen LogP contribution in [0.4, 0.5) is 5.69 Å². The predicted octanol–water partition coefficient (Wildman–Crippen LogP) is 4.68. The molecule has 0 aromatic heterocycles. The Hall–Kier alpha value is -1.09. The number of anilines is 1. The van der Waals surface area contributed by atoms with Crippen LogP contribution in [-0.4, -0.2) is 11.7 Å². The molecular weight excluding hydrogens is 276 g/mol. The van der Waals surface area contributed by atoms with Gasteiger partial charge in [0.15, 0.2) is 5.11 Å². The number of thiocarbonyl (C=S) groups is 1. The molecule has 0 heterocycles. The average Bonchev–Trinajstić information content (AvgIpc) is 2.54. The molecule has 1 fully saturated rings. The molecule has 3 heteroatoms. The molecule has 0 saturated heterocycles. The standard InChI is InChI=1S/C18H28N2S/c1-3-15-11-8-12-16(4-2)17(15)20-18(21)19-13-14-9-6-5-7-10-14/h8,11-12,14H,3-7,9-10,13H2,1-2H3,(H2,19,20,21). The molecule has 0 spiro atoms. The Morgan fingerprint density at radius 3 is 2.29 bits per heavy atom. The van der Waals surface area contributed by atoms with Crippen molar-refractivity contribution in [1.82, 2.24) is 5.32 Å². The van der Waals surface area contributed by atoms with Crippen LogP contribution in [0.2, 0.25) is 0 Å². The lowest BCUT2D eigenvalue weighted by molar-refractivity contribution is 0.357. The van der Waals surface area contributed by atoms with Crippen LogP contribution in [0.1, 0.15) is 57.1 Å². The molecule has 0 radical (unpaired) electrons. The van der Waals surface area contributed by atoms with Gasteiger partial charge in [-0.05, 0) is 54.9 Å². The van der Waals surface area contributed by atoms with Crippen molar-refractivity contribution in [3.05, 3.63) is 29.3 Å². The van der Waals surface area contributed by atoms with Crippen molar-refractivity contribution in [3.63, 3.8) is 0 Å². The zero-order chi connectivity index (χ0) is 15.1. The maximum absolute atomic E-state index is 5.50. The van der Waals surface area contributed by atoms with Gasteiger partial charge >= 0.3 is 0 Å². The fourth-order valence-corrected chi connectivity index (χ4v) is 3.37. The molecule has 1 aliphatic rings. The van der Waals surface area contributed by atoms with Crippen LogP contribution in [0.3, 0.4) is 0 Å². The zero-order valence-electron chi connectivity index (χ0n) is 13.4. The van der Waals surface area contributed by atoms with E-state index < -0.39 is 0 Å². The summed E-state index contributed by atoms with van der Waals surface area (Å²) in [6.45, 7) is 5.40. The van der Waals surface area contributed by atoms with E-state index in [1.807, 2.05) is 0 Å². The van der Waals surface area contributed by atoms with E-state index >= 15 is 0 Å². The largest absolute Gasteiger partial charge is 0.362 e. The maximum Gasteiger partial charge on any atom is 0.170 e. The molecule has 0 atom stereocenters. The topological polar surface area (TPSA) is 24.1 Å². The highest BCUT2D eigenvalue weighted by Crippen LogP contribution is 2.24. The Morgan fingerprint density at radius 2 is 1.71 bits per heavy atom. The van der Waals surface area contributed by atoms with Crippen molar-refractivity contribution in [2.75, 3.05) is 11.9 Å². The van der Waals surface area contributed by atoms with E-state index in [-0.39, 0.29) is 0 Å². The highest BCUT2D eigenvalue weighted by molar-refractivity contribution is 7.80. The van der Waals surface area contributed by atoms with Crippen molar-refractivity contribution in [2.45, 2.75) is 58.8 Å². The molecule has 21 heavy (non-hydrogen) atoms. The fourth-order valence-electron chi connectivity index (χ4n) is 3.19. The highest BCUT2D eigenvalue weighted by Gasteiger charge is 2.14. The minimum Gasteiger partial charge on any atom is -0.362 e. The molecule has 1 aromatic rings. The normalized spacial score (nSPS) is 15.7. The lowest BCUT2D eigenvalue weighted by atomic mass is 9.89. The minimum atomic E-state index is 0.774.